The Kier molecular flexibility index (Phi) is 4.45. The number of carbonyl (C=O) groups excluding carboxylic acids is 2. The number of hydrogen-bond acceptors (Lipinski definition) is 4. The van der Waals surface area contributed by atoms with Crippen molar-refractivity contribution in [1.29, 1.82) is 0 Å². The molecule has 1 aliphatic rings. The molecule has 26 heavy (non-hydrogen) atoms. The van der Waals surface area contributed by atoms with E-state index in [2.05, 4.69) is 5.32 Å². The average Bonchev–Trinajstić information content (AvgIpc) is 2.99. The van der Waals surface area contributed by atoms with Gasteiger partial charge in [-0.25, -0.2) is 8.42 Å². The van der Waals surface area contributed by atoms with E-state index >= 15 is 0 Å². The molecule has 0 saturated heterocycles. The highest BCUT2D eigenvalue weighted by molar-refractivity contribution is 7.92. The lowest BCUT2D eigenvalue weighted by Crippen LogP contribution is -2.27. The number of anilines is 3. The van der Waals surface area contributed by atoms with Gasteiger partial charge in [0.05, 0.1) is 17.0 Å². The van der Waals surface area contributed by atoms with E-state index in [-0.39, 0.29) is 23.1 Å². The van der Waals surface area contributed by atoms with Crippen LogP contribution in [0.2, 0.25) is 0 Å². The van der Waals surface area contributed by atoms with Crippen molar-refractivity contribution in [3.63, 3.8) is 0 Å². The van der Waals surface area contributed by atoms with Crippen LogP contribution < -0.4 is 14.5 Å². The van der Waals surface area contributed by atoms with Crippen molar-refractivity contribution < 1.29 is 18.0 Å². The Morgan fingerprint density at radius 2 is 1.65 bits per heavy atom. The minimum absolute atomic E-state index is 0.111. The standard InChI is InChI=1S/C18H19N3O4S/c1-12(22)20(2)14-4-6-15(7-5-14)21(3)26(24,25)16-8-9-17-13(10-16)11-18(23)19-17/h4-10H,11H2,1-3H3,(H,19,23). The highest BCUT2D eigenvalue weighted by Crippen LogP contribution is 2.29. The van der Waals surface area contributed by atoms with Gasteiger partial charge in [-0.3, -0.25) is 13.9 Å². The Morgan fingerprint density at radius 1 is 1.04 bits per heavy atom. The molecule has 2 amide bonds. The van der Waals surface area contributed by atoms with E-state index < -0.39 is 10.0 Å². The molecule has 0 saturated carbocycles. The number of benzene rings is 2. The Morgan fingerprint density at radius 3 is 2.27 bits per heavy atom. The third-order valence-corrected chi connectivity index (χ3v) is 6.21. The number of fused-ring (bicyclic) bond motifs is 1. The molecule has 1 heterocycles. The maximum absolute atomic E-state index is 12.9. The predicted molar refractivity (Wildman–Crippen MR) is 99.9 cm³/mol. The first-order chi connectivity index (χ1) is 12.2. The molecule has 0 fully saturated rings. The van der Waals surface area contributed by atoms with Crippen molar-refractivity contribution in [2.24, 2.45) is 0 Å². The zero-order valence-electron chi connectivity index (χ0n) is 14.7. The largest absolute Gasteiger partial charge is 0.326 e. The van der Waals surface area contributed by atoms with Gasteiger partial charge in [0, 0.05) is 32.4 Å². The molecule has 8 heteroatoms. The molecular formula is C18H19N3O4S. The maximum atomic E-state index is 12.9. The van der Waals surface area contributed by atoms with Crippen LogP contribution in [0.25, 0.3) is 0 Å². The summed E-state index contributed by atoms with van der Waals surface area (Å²) < 4.78 is 27.0. The van der Waals surface area contributed by atoms with Crippen molar-refractivity contribution in [2.45, 2.75) is 18.2 Å². The summed E-state index contributed by atoms with van der Waals surface area (Å²) in [6.07, 6.45) is 0.175. The van der Waals surface area contributed by atoms with Crippen molar-refractivity contribution in [1.82, 2.24) is 0 Å². The third kappa shape index (κ3) is 3.15. The minimum atomic E-state index is -3.77. The van der Waals surface area contributed by atoms with Gasteiger partial charge in [-0.05, 0) is 48.0 Å². The van der Waals surface area contributed by atoms with Gasteiger partial charge < -0.3 is 10.2 Å². The first kappa shape index (κ1) is 17.9. The highest BCUT2D eigenvalue weighted by Gasteiger charge is 2.25. The smallest absolute Gasteiger partial charge is 0.264 e. The molecule has 3 rings (SSSR count). The van der Waals surface area contributed by atoms with Crippen molar-refractivity contribution in [3.05, 3.63) is 48.0 Å². The van der Waals surface area contributed by atoms with E-state index in [9.17, 15) is 18.0 Å². The quantitative estimate of drug-likeness (QED) is 0.888. The zero-order valence-corrected chi connectivity index (χ0v) is 15.5. The number of nitrogens with zero attached hydrogens (tertiary/aromatic N) is 2. The van der Waals surface area contributed by atoms with Gasteiger partial charge in [-0.1, -0.05) is 0 Å². The van der Waals surface area contributed by atoms with E-state index in [0.29, 0.717) is 22.6 Å². The SMILES string of the molecule is CC(=O)N(C)c1ccc(N(C)S(=O)(=O)c2ccc3c(c2)CC(=O)N3)cc1. The van der Waals surface area contributed by atoms with E-state index in [4.69, 9.17) is 0 Å². The van der Waals surface area contributed by atoms with Gasteiger partial charge in [0.15, 0.2) is 0 Å². The molecule has 2 aromatic carbocycles. The fraction of sp³-hybridized carbons (Fsp3) is 0.222. The van der Waals surface area contributed by atoms with Crippen LogP contribution in [-0.2, 0) is 26.0 Å². The summed E-state index contributed by atoms with van der Waals surface area (Å²) in [6.45, 7) is 1.46. The molecule has 0 spiro atoms. The molecule has 0 atom stereocenters. The zero-order chi connectivity index (χ0) is 19.1. The van der Waals surface area contributed by atoms with Crippen molar-refractivity contribution in [3.8, 4) is 0 Å². The predicted octanol–water partition coefficient (Wildman–Crippen LogP) is 1.99. The van der Waals surface area contributed by atoms with Gasteiger partial charge >= 0.3 is 0 Å². The molecule has 0 aliphatic carbocycles. The Bertz CT molecular complexity index is 984. The van der Waals surface area contributed by atoms with Crippen LogP contribution in [-0.4, -0.2) is 34.3 Å². The number of nitrogens with one attached hydrogen (secondary N) is 1. The summed E-state index contributed by atoms with van der Waals surface area (Å²) >= 11 is 0. The molecule has 2 aromatic rings. The normalized spacial score (nSPS) is 13.1. The molecule has 0 unspecified atom stereocenters. The third-order valence-electron chi connectivity index (χ3n) is 4.43. The number of amides is 2. The highest BCUT2D eigenvalue weighted by atomic mass is 32.2. The number of hydrogen-bond donors (Lipinski definition) is 1. The lowest BCUT2D eigenvalue weighted by Gasteiger charge is -2.21. The summed E-state index contributed by atoms with van der Waals surface area (Å²) in [5.41, 5.74) is 2.46. The molecule has 7 nitrogen and oxygen atoms in total. The van der Waals surface area contributed by atoms with E-state index in [1.165, 1.54) is 35.3 Å². The molecule has 0 radical (unpaired) electrons. The van der Waals surface area contributed by atoms with Gasteiger partial charge in [-0.15, -0.1) is 0 Å². The number of carbonyl (C=O) groups is 2. The van der Waals surface area contributed by atoms with Gasteiger partial charge in [0.2, 0.25) is 11.8 Å². The van der Waals surface area contributed by atoms with Gasteiger partial charge in [0.25, 0.3) is 10.0 Å². The maximum Gasteiger partial charge on any atom is 0.264 e. The fourth-order valence-corrected chi connectivity index (χ4v) is 3.98. The Balaban J connectivity index is 1.89. The summed E-state index contributed by atoms with van der Waals surface area (Å²) in [5.74, 6) is -0.256. The van der Waals surface area contributed by atoms with Crippen LogP contribution in [0.5, 0.6) is 0 Å². The molecular weight excluding hydrogens is 354 g/mol. The minimum Gasteiger partial charge on any atom is -0.326 e. The number of sulfonamides is 1. The topological polar surface area (TPSA) is 86.8 Å². The van der Waals surface area contributed by atoms with Gasteiger partial charge in [0.1, 0.15) is 0 Å². The second-order valence-electron chi connectivity index (χ2n) is 6.11. The van der Waals surface area contributed by atoms with Crippen LogP contribution in [0, 0.1) is 0 Å². The lowest BCUT2D eigenvalue weighted by atomic mass is 10.2. The molecule has 0 aromatic heterocycles. The van der Waals surface area contributed by atoms with Crippen molar-refractivity contribution >= 4 is 38.9 Å². The van der Waals surface area contributed by atoms with Crippen LogP contribution >= 0.6 is 0 Å². The van der Waals surface area contributed by atoms with Crippen LogP contribution in [0.4, 0.5) is 17.1 Å². The number of rotatable bonds is 4. The van der Waals surface area contributed by atoms with Gasteiger partial charge in [-0.2, -0.15) is 0 Å². The molecule has 1 aliphatic heterocycles. The van der Waals surface area contributed by atoms with Crippen molar-refractivity contribution in [2.75, 3.05) is 28.6 Å². The second-order valence-corrected chi connectivity index (χ2v) is 8.08. The summed E-state index contributed by atoms with van der Waals surface area (Å²) in [7, 11) is -0.648. The fourth-order valence-electron chi connectivity index (χ4n) is 2.73. The van der Waals surface area contributed by atoms with Crippen LogP contribution in [0.15, 0.2) is 47.4 Å². The van der Waals surface area contributed by atoms with Crippen LogP contribution in [0.1, 0.15) is 12.5 Å². The monoisotopic (exact) mass is 373 g/mol. The Labute approximate surface area is 152 Å². The molecule has 0 bridgehead atoms. The Hall–Kier alpha value is -2.87. The van der Waals surface area contributed by atoms with E-state index in [1.54, 1.807) is 37.4 Å². The first-order valence-corrected chi connectivity index (χ1v) is 9.40. The summed E-state index contributed by atoms with van der Waals surface area (Å²) in [6, 6.07) is 11.3. The average molecular weight is 373 g/mol. The first-order valence-electron chi connectivity index (χ1n) is 7.96. The molecule has 1 N–H and O–H groups in total. The van der Waals surface area contributed by atoms with Crippen LogP contribution in [0.3, 0.4) is 0 Å². The van der Waals surface area contributed by atoms with E-state index in [0.717, 1.165) is 0 Å². The summed E-state index contributed by atoms with van der Waals surface area (Å²) in [5, 5.41) is 2.68. The lowest BCUT2D eigenvalue weighted by molar-refractivity contribution is -0.116. The second kappa shape index (κ2) is 6.45. The molecule has 136 valence electrons. The summed E-state index contributed by atoms with van der Waals surface area (Å²) in [4.78, 5) is 24.5. The van der Waals surface area contributed by atoms with E-state index in [1.807, 2.05) is 0 Å².